The first-order valence-electron chi connectivity index (χ1n) is 5.94. The minimum Gasteiger partial charge on any atom is -0.320 e. The molecule has 1 heterocycles. The first kappa shape index (κ1) is 15.6. The van der Waals surface area contributed by atoms with E-state index in [1.807, 2.05) is 25.1 Å². The number of thiophene rings is 1. The lowest BCUT2D eigenvalue weighted by atomic mass is 10.2. The zero-order valence-corrected chi connectivity index (χ0v) is 13.3. The summed E-state index contributed by atoms with van der Waals surface area (Å²) in [4.78, 5) is 14.1. The van der Waals surface area contributed by atoms with Crippen molar-refractivity contribution in [2.24, 2.45) is 0 Å². The van der Waals surface area contributed by atoms with Crippen LogP contribution in [0.4, 0.5) is 5.69 Å². The number of nitriles is 1. The lowest BCUT2D eigenvalue weighted by molar-refractivity contribution is -0.112. The first-order valence-corrected chi connectivity index (χ1v) is 7.51. The van der Waals surface area contributed by atoms with Gasteiger partial charge in [-0.05, 0) is 43.3 Å². The number of rotatable bonds is 3. The highest BCUT2D eigenvalue weighted by molar-refractivity contribution is 7.12. The van der Waals surface area contributed by atoms with E-state index in [1.54, 1.807) is 18.2 Å². The van der Waals surface area contributed by atoms with Crippen LogP contribution in [0.2, 0.25) is 10.0 Å². The fourth-order valence-corrected chi connectivity index (χ4v) is 2.76. The van der Waals surface area contributed by atoms with Gasteiger partial charge in [-0.25, -0.2) is 0 Å². The summed E-state index contributed by atoms with van der Waals surface area (Å²) in [5.74, 6) is -0.521. The molecule has 1 aromatic heterocycles. The van der Waals surface area contributed by atoms with Crippen LogP contribution >= 0.6 is 34.5 Å². The van der Waals surface area contributed by atoms with Gasteiger partial charge >= 0.3 is 0 Å². The van der Waals surface area contributed by atoms with Crippen molar-refractivity contribution in [1.82, 2.24) is 0 Å². The molecule has 6 heteroatoms. The van der Waals surface area contributed by atoms with Gasteiger partial charge < -0.3 is 5.32 Å². The van der Waals surface area contributed by atoms with Gasteiger partial charge in [0.2, 0.25) is 0 Å². The number of carbonyl (C=O) groups is 1. The number of nitrogens with one attached hydrogen (secondary N) is 1. The maximum absolute atomic E-state index is 12.1. The molecule has 1 aromatic carbocycles. The Balaban J connectivity index is 2.23. The van der Waals surface area contributed by atoms with Crippen LogP contribution in [0.25, 0.3) is 6.08 Å². The van der Waals surface area contributed by atoms with Crippen molar-refractivity contribution in [3.8, 4) is 6.07 Å². The molecule has 1 N–H and O–H groups in total. The van der Waals surface area contributed by atoms with E-state index < -0.39 is 5.91 Å². The Labute approximate surface area is 136 Å². The molecule has 0 aliphatic rings. The third-order valence-electron chi connectivity index (χ3n) is 2.59. The van der Waals surface area contributed by atoms with Gasteiger partial charge in [-0.15, -0.1) is 11.3 Å². The van der Waals surface area contributed by atoms with E-state index in [2.05, 4.69) is 5.32 Å². The van der Waals surface area contributed by atoms with Gasteiger partial charge in [0.05, 0.1) is 10.7 Å². The monoisotopic (exact) mass is 336 g/mol. The predicted octanol–water partition coefficient (Wildman–Crippen LogP) is 4.91. The smallest absolute Gasteiger partial charge is 0.266 e. The maximum atomic E-state index is 12.1. The van der Waals surface area contributed by atoms with Crippen LogP contribution in [0.1, 0.15) is 9.75 Å². The fourth-order valence-electron chi connectivity index (χ4n) is 1.60. The van der Waals surface area contributed by atoms with Crippen molar-refractivity contribution in [3.63, 3.8) is 0 Å². The summed E-state index contributed by atoms with van der Waals surface area (Å²) >= 11 is 13.3. The standard InChI is InChI=1S/C15H10Cl2N2OS/c1-9-2-4-12(21-9)6-10(8-18)15(20)19-14-7-11(16)3-5-13(14)17/h2-7H,1H3,(H,19,20). The normalized spacial score (nSPS) is 11.0. The number of nitrogens with zero attached hydrogens (tertiary/aromatic N) is 1. The Bertz CT molecular complexity index is 759. The minimum absolute atomic E-state index is 0.00731. The number of aryl methyl sites for hydroxylation is 1. The summed E-state index contributed by atoms with van der Waals surface area (Å²) in [5.41, 5.74) is 0.380. The van der Waals surface area contributed by atoms with E-state index in [-0.39, 0.29) is 5.57 Å². The van der Waals surface area contributed by atoms with Crippen LogP contribution in [-0.2, 0) is 4.79 Å². The second kappa shape index (κ2) is 6.77. The molecule has 0 fully saturated rings. The van der Waals surface area contributed by atoms with Crippen LogP contribution < -0.4 is 5.32 Å². The molecule has 0 aliphatic carbocycles. The average molecular weight is 337 g/mol. The minimum atomic E-state index is -0.521. The Hall–Kier alpha value is -1.80. The number of amides is 1. The summed E-state index contributed by atoms with van der Waals surface area (Å²) in [5, 5.41) is 12.5. The van der Waals surface area contributed by atoms with Gasteiger partial charge in [0.1, 0.15) is 11.6 Å². The highest BCUT2D eigenvalue weighted by atomic mass is 35.5. The van der Waals surface area contributed by atoms with Crippen LogP contribution in [0, 0.1) is 18.3 Å². The third kappa shape index (κ3) is 4.08. The molecule has 0 atom stereocenters. The summed E-state index contributed by atoms with van der Waals surface area (Å²) in [6.45, 7) is 1.96. The van der Waals surface area contributed by atoms with Crippen molar-refractivity contribution in [2.75, 3.05) is 5.32 Å². The molecule has 0 spiro atoms. The van der Waals surface area contributed by atoms with Crippen LogP contribution in [0.15, 0.2) is 35.9 Å². The highest BCUT2D eigenvalue weighted by Gasteiger charge is 2.12. The number of carbonyl (C=O) groups excluding carboxylic acids is 1. The van der Waals surface area contributed by atoms with Gasteiger partial charge in [0.25, 0.3) is 5.91 Å². The number of hydrogen-bond acceptors (Lipinski definition) is 3. The lowest BCUT2D eigenvalue weighted by Gasteiger charge is -2.06. The molecule has 2 aromatic rings. The Kier molecular flexibility index (Phi) is 5.03. The molecule has 0 saturated carbocycles. The molecule has 2 rings (SSSR count). The fraction of sp³-hybridized carbons (Fsp3) is 0.0667. The molecular weight excluding hydrogens is 327 g/mol. The summed E-state index contributed by atoms with van der Waals surface area (Å²) in [7, 11) is 0. The van der Waals surface area contributed by atoms with Gasteiger partial charge in [-0.1, -0.05) is 23.2 Å². The van der Waals surface area contributed by atoms with Crippen LogP contribution in [-0.4, -0.2) is 5.91 Å². The topological polar surface area (TPSA) is 52.9 Å². The molecule has 0 radical (unpaired) electrons. The molecule has 0 saturated heterocycles. The molecule has 0 bridgehead atoms. The van der Waals surface area contributed by atoms with E-state index in [0.717, 1.165) is 9.75 Å². The molecule has 3 nitrogen and oxygen atoms in total. The Morgan fingerprint density at radius 3 is 2.71 bits per heavy atom. The summed E-state index contributed by atoms with van der Waals surface area (Å²) in [6, 6.07) is 10.4. The number of anilines is 1. The molecular formula is C15H10Cl2N2OS. The number of halogens is 2. The maximum Gasteiger partial charge on any atom is 0.266 e. The lowest BCUT2D eigenvalue weighted by Crippen LogP contribution is -2.13. The number of hydrogen-bond donors (Lipinski definition) is 1. The molecule has 0 aliphatic heterocycles. The first-order chi connectivity index (χ1) is 9.99. The van der Waals surface area contributed by atoms with Crippen molar-refractivity contribution in [1.29, 1.82) is 5.26 Å². The zero-order valence-electron chi connectivity index (χ0n) is 11.0. The second-order valence-corrected chi connectivity index (χ2v) is 6.36. The number of benzene rings is 1. The average Bonchev–Trinajstić information content (AvgIpc) is 2.85. The van der Waals surface area contributed by atoms with Crippen molar-refractivity contribution in [3.05, 3.63) is 55.7 Å². The van der Waals surface area contributed by atoms with Gasteiger partial charge in [0, 0.05) is 14.8 Å². The molecule has 0 unspecified atom stereocenters. The largest absolute Gasteiger partial charge is 0.320 e. The van der Waals surface area contributed by atoms with Gasteiger partial charge in [-0.2, -0.15) is 5.26 Å². The van der Waals surface area contributed by atoms with E-state index in [9.17, 15) is 4.79 Å². The highest BCUT2D eigenvalue weighted by Crippen LogP contribution is 2.26. The van der Waals surface area contributed by atoms with Crippen molar-refractivity contribution < 1.29 is 4.79 Å². The van der Waals surface area contributed by atoms with E-state index in [0.29, 0.717) is 15.7 Å². The van der Waals surface area contributed by atoms with E-state index in [4.69, 9.17) is 28.5 Å². The third-order valence-corrected chi connectivity index (χ3v) is 4.10. The van der Waals surface area contributed by atoms with E-state index in [1.165, 1.54) is 17.4 Å². The quantitative estimate of drug-likeness (QED) is 0.639. The van der Waals surface area contributed by atoms with Crippen molar-refractivity contribution in [2.45, 2.75) is 6.92 Å². The molecule has 106 valence electrons. The van der Waals surface area contributed by atoms with E-state index >= 15 is 0 Å². The van der Waals surface area contributed by atoms with Crippen molar-refractivity contribution >= 4 is 52.2 Å². The Morgan fingerprint density at radius 2 is 2.10 bits per heavy atom. The zero-order chi connectivity index (χ0) is 15.4. The molecule has 21 heavy (non-hydrogen) atoms. The van der Waals surface area contributed by atoms with Gasteiger partial charge in [0.15, 0.2) is 0 Å². The SMILES string of the molecule is Cc1ccc(C=C(C#N)C(=O)Nc2cc(Cl)ccc2Cl)s1. The van der Waals surface area contributed by atoms with Crippen LogP contribution in [0.5, 0.6) is 0 Å². The second-order valence-electron chi connectivity index (χ2n) is 4.20. The van der Waals surface area contributed by atoms with Gasteiger partial charge in [-0.3, -0.25) is 4.79 Å². The van der Waals surface area contributed by atoms with Crippen LogP contribution in [0.3, 0.4) is 0 Å². The molecule has 1 amide bonds. The predicted molar refractivity (Wildman–Crippen MR) is 87.7 cm³/mol. The summed E-state index contributed by atoms with van der Waals surface area (Å²) in [6.07, 6.45) is 1.55. The Morgan fingerprint density at radius 1 is 1.33 bits per heavy atom. The summed E-state index contributed by atoms with van der Waals surface area (Å²) < 4.78 is 0.